The van der Waals surface area contributed by atoms with E-state index >= 15 is 0 Å². The van der Waals surface area contributed by atoms with Gasteiger partial charge in [0.2, 0.25) is 5.58 Å². The fraction of sp³-hybridized carbons (Fsp3) is 0.111. The number of hydrogen-bond acceptors (Lipinski definition) is 4. The molecule has 0 atom stereocenters. The zero-order chi connectivity index (χ0) is 15.6. The first-order chi connectivity index (χ1) is 11.3. The maximum Gasteiger partial charge on any atom is 0.294 e. The normalized spacial score (nSPS) is 11.3. The van der Waals surface area contributed by atoms with E-state index in [1.807, 2.05) is 42.5 Å². The van der Waals surface area contributed by atoms with Crippen molar-refractivity contribution < 1.29 is 4.42 Å². The molecule has 0 aliphatic carbocycles. The smallest absolute Gasteiger partial charge is 0.294 e. The van der Waals surface area contributed by atoms with Crippen molar-refractivity contribution in [2.24, 2.45) is 0 Å². The van der Waals surface area contributed by atoms with E-state index in [1.54, 1.807) is 11.8 Å². The lowest BCUT2D eigenvalue weighted by Crippen LogP contribution is -2.10. The average Bonchev–Trinajstić information content (AvgIpc) is 2.96. The number of para-hydroxylation sites is 1. The van der Waals surface area contributed by atoms with Crippen LogP contribution >= 0.6 is 11.8 Å². The van der Waals surface area contributed by atoms with Gasteiger partial charge in [-0.3, -0.25) is 4.79 Å². The molecule has 0 aliphatic rings. The van der Waals surface area contributed by atoms with E-state index in [1.165, 1.54) is 5.56 Å². The van der Waals surface area contributed by atoms with E-state index in [-0.39, 0.29) is 5.56 Å². The SMILES string of the molecule is O=c1[nH]c(CSCc2ccccc2)nc2c1oc1ccccc12. The molecule has 0 saturated heterocycles. The number of furan rings is 1. The molecule has 114 valence electrons. The molecule has 2 aromatic carbocycles. The van der Waals surface area contributed by atoms with Gasteiger partial charge in [-0.15, -0.1) is 11.8 Å². The van der Waals surface area contributed by atoms with Crippen LogP contribution in [0.25, 0.3) is 22.1 Å². The standard InChI is InChI=1S/C18H14N2O2S/c21-18-17-16(13-8-4-5-9-14(13)22-17)19-15(20-18)11-23-10-12-6-2-1-3-7-12/h1-9H,10-11H2,(H,19,20,21). The fourth-order valence-corrected chi connectivity index (χ4v) is 3.42. The van der Waals surface area contributed by atoms with Gasteiger partial charge in [0.25, 0.3) is 5.56 Å². The minimum absolute atomic E-state index is 0.221. The number of nitrogens with one attached hydrogen (secondary N) is 1. The van der Waals surface area contributed by atoms with Crippen molar-refractivity contribution in [1.29, 1.82) is 0 Å². The summed E-state index contributed by atoms with van der Waals surface area (Å²) >= 11 is 1.72. The number of thioether (sulfide) groups is 1. The Morgan fingerprint density at radius 3 is 2.65 bits per heavy atom. The lowest BCUT2D eigenvalue weighted by molar-refractivity contribution is 0.660. The van der Waals surface area contributed by atoms with E-state index in [2.05, 4.69) is 22.1 Å². The highest BCUT2D eigenvalue weighted by Gasteiger charge is 2.12. The zero-order valence-corrected chi connectivity index (χ0v) is 13.1. The predicted molar refractivity (Wildman–Crippen MR) is 93.6 cm³/mol. The summed E-state index contributed by atoms with van der Waals surface area (Å²) < 4.78 is 5.60. The Hall–Kier alpha value is -2.53. The third kappa shape index (κ3) is 2.75. The van der Waals surface area contributed by atoms with E-state index in [0.29, 0.717) is 28.3 Å². The second-order valence-corrected chi connectivity index (χ2v) is 6.25. The van der Waals surface area contributed by atoms with Crippen molar-refractivity contribution in [3.8, 4) is 0 Å². The first kappa shape index (κ1) is 14.1. The molecule has 4 nitrogen and oxygen atoms in total. The predicted octanol–water partition coefficient (Wildman–Crippen LogP) is 4.10. The molecule has 0 amide bonds. The van der Waals surface area contributed by atoms with Crippen LogP contribution in [0.15, 0.2) is 63.8 Å². The van der Waals surface area contributed by atoms with Gasteiger partial charge in [-0.05, 0) is 17.7 Å². The molecule has 0 bridgehead atoms. The molecule has 2 aromatic heterocycles. The summed E-state index contributed by atoms with van der Waals surface area (Å²) in [5.41, 5.74) is 2.66. The first-order valence-electron chi connectivity index (χ1n) is 7.33. The van der Waals surface area contributed by atoms with Crippen molar-refractivity contribution in [3.63, 3.8) is 0 Å². The number of nitrogens with zero attached hydrogens (tertiary/aromatic N) is 1. The Balaban J connectivity index is 1.63. The largest absolute Gasteiger partial charge is 0.449 e. The molecule has 0 aliphatic heterocycles. The van der Waals surface area contributed by atoms with Gasteiger partial charge < -0.3 is 9.40 Å². The number of aromatic nitrogens is 2. The van der Waals surface area contributed by atoms with Gasteiger partial charge in [-0.25, -0.2) is 4.98 Å². The molecule has 1 N–H and O–H groups in total. The molecular weight excluding hydrogens is 308 g/mol. The van der Waals surface area contributed by atoms with Gasteiger partial charge >= 0.3 is 0 Å². The Morgan fingerprint density at radius 1 is 1.00 bits per heavy atom. The van der Waals surface area contributed by atoms with Crippen molar-refractivity contribution in [2.45, 2.75) is 11.5 Å². The molecule has 23 heavy (non-hydrogen) atoms. The van der Waals surface area contributed by atoms with Crippen LogP contribution in [0.5, 0.6) is 0 Å². The zero-order valence-electron chi connectivity index (χ0n) is 12.3. The van der Waals surface area contributed by atoms with Crippen molar-refractivity contribution in [1.82, 2.24) is 9.97 Å². The summed E-state index contributed by atoms with van der Waals surface area (Å²) in [6, 6.07) is 17.8. The number of benzene rings is 2. The van der Waals surface area contributed by atoms with Gasteiger partial charge in [0.1, 0.15) is 16.9 Å². The van der Waals surface area contributed by atoms with E-state index in [4.69, 9.17) is 4.42 Å². The molecular formula is C18H14N2O2S. The molecule has 5 heteroatoms. The minimum Gasteiger partial charge on any atom is -0.449 e. The first-order valence-corrected chi connectivity index (χ1v) is 8.49. The van der Waals surface area contributed by atoms with Crippen LogP contribution in [0.3, 0.4) is 0 Å². The fourth-order valence-electron chi connectivity index (χ4n) is 2.56. The third-order valence-corrected chi connectivity index (χ3v) is 4.65. The molecule has 4 aromatic rings. The number of fused-ring (bicyclic) bond motifs is 3. The molecule has 0 fully saturated rings. The highest BCUT2D eigenvalue weighted by molar-refractivity contribution is 7.97. The highest BCUT2D eigenvalue weighted by Crippen LogP contribution is 2.25. The van der Waals surface area contributed by atoms with Gasteiger partial charge in [-0.1, -0.05) is 42.5 Å². The van der Waals surface area contributed by atoms with Crippen LogP contribution in [-0.2, 0) is 11.5 Å². The lowest BCUT2D eigenvalue weighted by Gasteiger charge is -2.02. The van der Waals surface area contributed by atoms with Gasteiger partial charge in [-0.2, -0.15) is 0 Å². The molecule has 4 rings (SSSR count). The van der Waals surface area contributed by atoms with E-state index in [0.717, 1.165) is 11.1 Å². The van der Waals surface area contributed by atoms with Gasteiger partial charge in [0.05, 0.1) is 5.75 Å². The van der Waals surface area contributed by atoms with Crippen molar-refractivity contribution in [3.05, 3.63) is 76.3 Å². The van der Waals surface area contributed by atoms with Crippen LogP contribution < -0.4 is 5.56 Å². The molecule has 0 spiro atoms. The summed E-state index contributed by atoms with van der Waals surface area (Å²) in [4.78, 5) is 19.6. The number of hydrogen-bond donors (Lipinski definition) is 1. The van der Waals surface area contributed by atoms with Crippen LogP contribution in [-0.4, -0.2) is 9.97 Å². The molecule has 0 radical (unpaired) electrons. The van der Waals surface area contributed by atoms with E-state index in [9.17, 15) is 4.79 Å². The number of aromatic amines is 1. The average molecular weight is 322 g/mol. The lowest BCUT2D eigenvalue weighted by atomic mass is 10.2. The molecule has 0 unspecified atom stereocenters. The van der Waals surface area contributed by atoms with Crippen LogP contribution in [0.4, 0.5) is 0 Å². The maximum atomic E-state index is 12.2. The Bertz CT molecular complexity index is 1020. The summed E-state index contributed by atoms with van der Waals surface area (Å²) in [5, 5.41) is 0.878. The van der Waals surface area contributed by atoms with Crippen molar-refractivity contribution >= 4 is 33.8 Å². The summed E-state index contributed by atoms with van der Waals surface area (Å²) in [7, 11) is 0. The summed E-state index contributed by atoms with van der Waals surface area (Å²) in [5.74, 6) is 2.21. The Labute approximate surface area is 136 Å². The Kier molecular flexibility index (Phi) is 3.63. The van der Waals surface area contributed by atoms with Crippen LogP contribution in [0.2, 0.25) is 0 Å². The monoisotopic (exact) mass is 322 g/mol. The van der Waals surface area contributed by atoms with Crippen molar-refractivity contribution in [2.75, 3.05) is 0 Å². The van der Waals surface area contributed by atoms with Gasteiger partial charge in [0.15, 0.2) is 0 Å². The van der Waals surface area contributed by atoms with Gasteiger partial charge in [0, 0.05) is 11.1 Å². The minimum atomic E-state index is -0.221. The highest BCUT2D eigenvalue weighted by atomic mass is 32.2. The Morgan fingerprint density at radius 2 is 1.78 bits per heavy atom. The quantitative estimate of drug-likeness (QED) is 0.614. The number of H-pyrrole nitrogens is 1. The van der Waals surface area contributed by atoms with Crippen LogP contribution in [0.1, 0.15) is 11.4 Å². The second kappa shape index (κ2) is 5.93. The third-order valence-electron chi connectivity index (χ3n) is 3.63. The summed E-state index contributed by atoms with van der Waals surface area (Å²) in [6.45, 7) is 0. The maximum absolute atomic E-state index is 12.2. The molecule has 0 saturated carbocycles. The summed E-state index contributed by atoms with van der Waals surface area (Å²) in [6.07, 6.45) is 0. The number of rotatable bonds is 4. The van der Waals surface area contributed by atoms with Crippen LogP contribution in [0, 0.1) is 0 Å². The van der Waals surface area contributed by atoms with E-state index < -0.39 is 0 Å². The second-order valence-electron chi connectivity index (χ2n) is 5.27. The topological polar surface area (TPSA) is 58.9 Å². The molecule has 2 heterocycles.